The number of para-hydroxylation sites is 1. The maximum atomic E-state index is 8.91. The topological polar surface area (TPSA) is 61.8 Å². The van der Waals surface area contributed by atoms with Crippen molar-refractivity contribution in [3.8, 4) is 6.07 Å². The van der Waals surface area contributed by atoms with Gasteiger partial charge < -0.3 is 11.1 Å². The largest absolute Gasteiger partial charge is 0.380 e. The fourth-order valence-corrected chi connectivity index (χ4v) is 1.52. The minimum Gasteiger partial charge on any atom is -0.380 e. The van der Waals surface area contributed by atoms with Crippen molar-refractivity contribution in [2.45, 2.75) is 25.8 Å². The molecule has 0 spiro atoms. The first-order valence-electron chi connectivity index (χ1n) is 5.27. The second kappa shape index (κ2) is 6.05. The van der Waals surface area contributed by atoms with Gasteiger partial charge in [-0.05, 0) is 18.6 Å². The highest BCUT2D eigenvalue weighted by molar-refractivity contribution is 5.57. The monoisotopic (exact) mass is 203 g/mol. The van der Waals surface area contributed by atoms with E-state index in [-0.39, 0.29) is 6.04 Å². The molecule has 1 rings (SSSR count). The molecule has 0 aliphatic rings. The van der Waals surface area contributed by atoms with Gasteiger partial charge in [-0.25, -0.2) is 0 Å². The highest BCUT2D eigenvalue weighted by atomic mass is 14.9. The van der Waals surface area contributed by atoms with Crippen LogP contribution < -0.4 is 11.1 Å². The second-order valence-electron chi connectivity index (χ2n) is 3.52. The van der Waals surface area contributed by atoms with Gasteiger partial charge in [0.1, 0.15) is 6.07 Å². The van der Waals surface area contributed by atoms with Crippen molar-refractivity contribution in [2.24, 2.45) is 5.73 Å². The van der Waals surface area contributed by atoms with Crippen molar-refractivity contribution >= 4 is 5.69 Å². The lowest BCUT2D eigenvalue weighted by atomic mass is 10.1. The summed E-state index contributed by atoms with van der Waals surface area (Å²) in [6.45, 7) is 2.72. The minimum atomic E-state index is 0.254. The lowest BCUT2D eigenvalue weighted by Crippen LogP contribution is -2.28. The molecule has 0 saturated carbocycles. The number of nitriles is 1. The lowest BCUT2D eigenvalue weighted by molar-refractivity contribution is 0.648. The van der Waals surface area contributed by atoms with E-state index in [1.807, 2.05) is 24.3 Å². The molecule has 80 valence electrons. The maximum Gasteiger partial charge on any atom is 0.101 e. The van der Waals surface area contributed by atoms with Crippen LogP contribution in [0.1, 0.15) is 25.3 Å². The Morgan fingerprint density at radius 1 is 1.47 bits per heavy atom. The van der Waals surface area contributed by atoms with Gasteiger partial charge in [-0.1, -0.05) is 25.5 Å². The van der Waals surface area contributed by atoms with Crippen LogP contribution in [-0.2, 0) is 0 Å². The average Bonchev–Trinajstić information content (AvgIpc) is 2.29. The summed E-state index contributed by atoms with van der Waals surface area (Å²) in [6.07, 6.45) is 2.11. The zero-order valence-corrected chi connectivity index (χ0v) is 9.03. The molecule has 1 aromatic carbocycles. The molecule has 1 aromatic rings. The van der Waals surface area contributed by atoms with Crippen LogP contribution >= 0.6 is 0 Å². The molecular weight excluding hydrogens is 186 g/mol. The first kappa shape index (κ1) is 11.5. The van der Waals surface area contributed by atoms with E-state index in [1.54, 1.807) is 0 Å². The SMILES string of the molecule is CCCC(CN)Nc1ccccc1C#N. The number of benzene rings is 1. The van der Waals surface area contributed by atoms with Crippen LogP contribution in [0.5, 0.6) is 0 Å². The van der Waals surface area contributed by atoms with E-state index in [0.29, 0.717) is 12.1 Å². The van der Waals surface area contributed by atoms with Crippen molar-refractivity contribution in [3.63, 3.8) is 0 Å². The van der Waals surface area contributed by atoms with Crippen molar-refractivity contribution in [2.75, 3.05) is 11.9 Å². The first-order valence-corrected chi connectivity index (χ1v) is 5.27. The molecule has 1 unspecified atom stereocenters. The zero-order chi connectivity index (χ0) is 11.1. The summed E-state index contributed by atoms with van der Waals surface area (Å²) in [4.78, 5) is 0. The van der Waals surface area contributed by atoms with E-state index < -0.39 is 0 Å². The molecule has 0 amide bonds. The van der Waals surface area contributed by atoms with Crippen LogP contribution in [0, 0.1) is 11.3 Å². The predicted molar refractivity (Wildman–Crippen MR) is 62.5 cm³/mol. The van der Waals surface area contributed by atoms with Crippen molar-refractivity contribution < 1.29 is 0 Å². The summed E-state index contributed by atoms with van der Waals surface area (Å²) in [7, 11) is 0. The Morgan fingerprint density at radius 2 is 2.20 bits per heavy atom. The van der Waals surface area contributed by atoms with E-state index in [9.17, 15) is 0 Å². The number of anilines is 1. The van der Waals surface area contributed by atoms with Gasteiger partial charge in [0.2, 0.25) is 0 Å². The number of nitrogens with zero attached hydrogens (tertiary/aromatic N) is 1. The third-order valence-electron chi connectivity index (χ3n) is 2.33. The molecule has 0 aliphatic carbocycles. The molecule has 3 N–H and O–H groups in total. The molecule has 0 heterocycles. The molecule has 0 aromatic heterocycles. The number of hydrogen-bond donors (Lipinski definition) is 2. The van der Waals surface area contributed by atoms with Crippen LogP contribution in [0.25, 0.3) is 0 Å². The Bertz CT molecular complexity index is 341. The van der Waals surface area contributed by atoms with Crippen LogP contribution in [-0.4, -0.2) is 12.6 Å². The summed E-state index contributed by atoms with van der Waals surface area (Å²) in [6, 6.07) is 9.92. The third kappa shape index (κ3) is 3.26. The van der Waals surface area contributed by atoms with Gasteiger partial charge >= 0.3 is 0 Å². The Hall–Kier alpha value is -1.53. The summed E-state index contributed by atoms with van der Waals surface area (Å²) in [5.41, 5.74) is 7.20. The predicted octanol–water partition coefficient (Wildman–Crippen LogP) is 2.10. The minimum absolute atomic E-state index is 0.254. The molecule has 0 fully saturated rings. The fourth-order valence-electron chi connectivity index (χ4n) is 1.52. The van der Waals surface area contributed by atoms with Gasteiger partial charge in [0.05, 0.1) is 11.3 Å². The molecule has 0 bridgehead atoms. The number of nitrogens with two attached hydrogens (primary N) is 1. The Kier molecular flexibility index (Phi) is 4.65. The van der Waals surface area contributed by atoms with Crippen molar-refractivity contribution in [1.82, 2.24) is 0 Å². The third-order valence-corrected chi connectivity index (χ3v) is 2.33. The fraction of sp³-hybridized carbons (Fsp3) is 0.417. The van der Waals surface area contributed by atoms with E-state index in [1.165, 1.54) is 0 Å². The van der Waals surface area contributed by atoms with Crippen molar-refractivity contribution in [1.29, 1.82) is 5.26 Å². The second-order valence-corrected chi connectivity index (χ2v) is 3.52. The molecule has 0 radical (unpaired) electrons. The van der Waals surface area contributed by atoms with E-state index >= 15 is 0 Å². The van der Waals surface area contributed by atoms with Crippen LogP contribution in [0.3, 0.4) is 0 Å². The van der Waals surface area contributed by atoms with Crippen molar-refractivity contribution in [3.05, 3.63) is 29.8 Å². The molecule has 3 heteroatoms. The highest BCUT2D eigenvalue weighted by Gasteiger charge is 2.07. The van der Waals surface area contributed by atoms with Gasteiger partial charge in [-0.15, -0.1) is 0 Å². The standard InChI is InChI=1S/C12H17N3/c1-2-5-11(9-14)15-12-7-4-3-6-10(12)8-13/h3-4,6-7,11,15H,2,5,9,14H2,1H3. The van der Waals surface area contributed by atoms with Gasteiger partial charge in [0.25, 0.3) is 0 Å². The summed E-state index contributed by atoms with van der Waals surface area (Å²) in [5, 5.41) is 12.2. The normalized spacial score (nSPS) is 11.8. The number of nitrogens with one attached hydrogen (secondary N) is 1. The quantitative estimate of drug-likeness (QED) is 0.770. The van der Waals surface area contributed by atoms with Gasteiger partial charge in [0.15, 0.2) is 0 Å². The molecule has 1 atom stereocenters. The maximum absolute atomic E-state index is 8.91. The lowest BCUT2D eigenvalue weighted by Gasteiger charge is -2.17. The first-order chi connectivity index (χ1) is 7.31. The van der Waals surface area contributed by atoms with Gasteiger partial charge in [-0.3, -0.25) is 0 Å². The smallest absolute Gasteiger partial charge is 0.101 e. The summed E-state index contributed by atoms with van der Waals surface area (Å²) in [5.74, 6) is 0. The Labute approximate surface area is 90.9 Å². The number of rotatable bonds is 5. The molecule has 15 heavy (non-hydrogen) atoms. The zero-order valence-electron chi connectivity index (χ0n) is 9.03. The molecule has 0 aliphatic heterocycles. The molecule has 3 nitrogen and oxygen atoms in total. The Morgan fingerprint density at radius 3 is 2.80 bits per heavy atom. The van der Waals surface area contributed by atoms with Gasteiger partial charge in [-0.2, -0.15) is 5.26 Å². The molecule has 0 saturated heterocycles. The van der Waals surface area contributed by atoms with Crippen LogP contribution in [0.15, 0.2) is 24.3 Å². The molecular formula is C12H17N3. The summed E-state index contributed by atoms with van der Waals surface area (Å²) < 4.78 is 0. The number of hydrogen-bond acceptors (Lipinski definition) is 3. The van der Waals surface area contributed by atoms with E-state index in [2.05, 4.69) is 18.3 Å². The summed E-state index contributed by atoms with van der Waals surface area (Å²) >= 11 is 0. The van der Waals surface area contributed by atoms with Crippen LogP contribution in [0.2, 0.25) is 0 Å². The van der Waals surface area contributed by atoms with E-state index in [0.717, 1.165) is 18.5 Å². The van der Waals surface area contributed by atoms with Gasteiger partial charge in [0, 0.05) is 12.6 Å². The van der Waals surface area contributed by atoms with Crippen LogP contribution in [0.4, 0.5) is 5.69 Å². The van der Waals surface area contributed by atoms with E-state index in [4.69, 9.17) is 11.0 Å². The Balaban J connectivity index is 2.74. The average molecular weight is 203 g/mol. The highest BCUT2D eigenvalue weighted by Crippen LogP contribution is 2.15.